The maximum absolute atomic E-state index is 11.9. The molecule has 0 saturated heterocycles. The molecule has 0 aromatic heterocycles. The molecule has 6 nitrogen and oxygen atoms in total. The summed E-state index contributed by atoms with van der Waals surface area (Å²) < 4.78 is 0. The number of nitrogens with one attached hydrogen (secondary N) is 1. The zero-order chi connectivity index (χ0) is 14.2. The minimum absolute atomic E-state index is 0.00408. The maximum atomic E-state index is 11.9. The third-order valence-electron chi connectivity index (χ3n) is 3.71. The lowest BCUT2D eigenvalue weighted by molar-refractivity contribution is -0.383. The van der Waals surface area contributed by atoms with Crippen molar-refractivity contribution in [1.82, 2.24) is 5.32 Å². The van der Waals surface area contributed by atoms with Crippen LogP contribution >= 0.6 is 0 Å². The molecule has 102 valence electrons. The zero-order valence-corrected chi connectivity index (χ0v) is 11.0. The topological polar surface area (TPSA) is 98.3 Å². The van der Waals surface area contributed by atoms with Crippen molar-refractivity contribution in [2.45, 2.75) is 20.3 Å². The van der Waals surface area contributed by atoms with Gasteiger partial charge in [-0.3, -0.25) is 14.9 Å². The molecule has 1 aromatic rings. The highest BCUT2D eigenvalue weighted by Gasteiger charge is 2.45. The molecule has 1 aliphatic rings. The summed E-state index contributed by atoms with van der Waals surface area (Å²) >= 11 is 0. The van der Waals surface area contributed by atoms with E-state index in [0.717, 1.165) is 6.42 Å². The average molecular weight is 263 g/mol. The fourth-order valence-corrected chi connectivity index (χ4v) is 2.10. The van der Waals surface area contributed by atoms with Crippen LogP contribution < -0.4 is 11.1 Å². The van der Waals surface area contributed by atoms with E-state index in [1.54, 1.807) is 0 Å². The summed E-state index contributed by atoms with van der Waals surface area (Å²) in [7, 11) is 0. The van der Waals surface area contributed by atoms with E-state index in [1.165, 1.54) is 18.2 Å². The molecular formula is C13H17N3O3. The van der Waals surface area contributed by atoms with Gasteiger partial charge in [0, 0.05) is 18.2 Å². The quantitative estimate of drug-likeness (QED) is 0.492. The van der Waals surface area contributed by atoms with Crippen LogP contribution in [0, 0.1) is 21.4 Å². The third-order valence-corrected chi connectivity index (χ3v) is 3.71. The van der Waals surface area contributed by atoms with E-state index >= 15 is 0 Å². The van der Waals surface area contributed by atoms with Crippen LogP contribution in [0.25, 0.3) is 0 Å². The van der Waals surface area contributed by atoms with Crippen molar-refractivity contribution in [2.24, 2.45) is 11.3 Å². The Labute approximate surface area is 111 Å². The van der Waals surface area contributed by atoms with Crippen LogP contribution in [0.2, 0.25) is 0 Å². The highest BCUT2D eigenvalue weighted by molar-refractivity contribution is 5.95. The van der Waals surface area contributed by atoms with Crippen molar-refractivity contribution >= 4 is 17.3 Å². The number of carbonyl (C=O) groups excluding carboxylic acids is 1. The fourth-order valence-electron chi connectivity index (χ4n) is 2.10. The predicted molar refractivity (Wildman–Crippen MR) is 71.7 cm³/mol. The number of nitrogens with zero attached hydrogens (tertiary/aromatic N) is 1. The Morgan fingerprint density at radius 2 is 2.21 bits per heavy atom. The highest BCUT2D eigenvalue weighted by atomic mass is 16.6. The van der Waals surface area contributed by atoms with Gasteiger partial charge in [0.25, 0.3) is 11.6 Å². The molecule has 6 heteroatoms. The molecule has 1 fully saturated rings. The first-order chi connectivity index (χ1) is 8.81. The lowest BCUT2D eigenvalue weighted by Gasteiger charge is -2.07. The molecule has 1 saturated carbocycles. The van der Waals surface area contributed by atoms with E-state index in [1.807, 2.05) is 0 Å². The molecule has 1 aromatic carbocycles. The third kappa shape index (κ3) is 2.83. The van der Waals surface area contributed by atoms with E-state index in [0.29, 0.717) is 23.4 Å². The van der Waals surface area contributed by atoms with E-state index in [-0.39, 0.29) is 17.3 Å². The van der Waals surface area contributed by atoms with E-state index in [4.69, 9.17) is 5.73 Å². The molecule has 0 radical (unpaired) electrons. The van der Waals surface area contributed by atoms with Gasteiger partial charge in [-0.15, -0.1) is 0 Å². The van der Waals surface area contributed by atoms with Crippen LogP contribution in [0.15, 0.2) is 18.2 Å². The van der Waals surface area contributed by atoms with Crippen molar-refractivity contribution in [3.63, 3.8) is 0 Å². The van der Waals surface area contributed by atoms with Gasteiger partial charge in [-0.1, -0.05) is 13.8 Å². The van der Waals surface area contributed by atoms with Crippen LogP contribution in [-0.4, -0.2) is 17.4 Å². The van der Waals surface area contributed by atoms with Crippen molar-refractivity contribution in [1.29, 1.82) is 0 Å². The van der Waals surface area contributed by atoms with E-state index in [9.17, 15) is 14.9 Å². The lowest BCUT2D eigenvalue weighted by atomic mass is 10.1. The molecule has 1 atom stereocenters. The van der Waals surface area contributed by atoms with Gasteiger partial charge in [-0.25, -0.2) is 0 Å². The Hall–Kier alpha value is -2.11. The zero-order valence-electron chi connectivity index (χ0n) is 11.0. The molecule has 3 N–H and O–H groups in total. The van der Waals surface area contributed by atoms with Crippen molar-refractivity contribution in [2.75, 3.05) is 12.3 Å². The number of nitro benzene ring substituents is 1. The lowest BCUT2D eigenvalue weighted by Crippen LogP contribution is -2.26. The fraction of sp³-hybridized carbons (Fsp3) is 0.462. The van der Waals surface area contributed by atoms with Crippen molar-refractivity contribution < 1.29 is 9.72 Å². The Morgan fingerprint density at radius 3 is 2.68 bits per heavy atom. The first-order valence-electron chi connectivity index (χ1n) is 6.13. The summed E-state index contributed by atoms with van der Waals surface area (Å²) in [6.07, 6.45) is 1.11. The number of carbonyl (C=O) groups is 1. The highest BCUT2D eigenvalue weighted by Crippen LogP contribution is 2.50. The van der Waals surface area contributed by atoms with Crippen LogP contribution in [0.1, 0.15) is 30.6 Å². The average Bonchev–Trinajstić information content (AvgIpc) is 2.93. The van der Waals surface area contributed by atoms with Gasteiger partial charge in [0.15, 0.2) is 0 Å². The minimum Gasteiger partial charge on any atom is -0.393 e. The van der Waals surface area contributed by atoms with Gasteiger partial charge < -0.3 is 11.1 Å². The molecule has 1 unspecified atom stereocenters. The number of hydrogen-bond acceptors (Lipinski definition) is 4. The summed E-state index contributed by atoms with van der Waals surface area (Å²) in [6, 6.07) is 4.01. The molecule has 0 heterocycles. The molecular weight excluding hydrogens is 246 g/mol. The number of nitro groups is 1. The monoisotopic (exact) mass is 263 g/mol. The van der Waals surface area contributed by atoms with E-state index < -0.39 is 4.92 Å². The largest absolute Gasteiger partial charge is 0.393 e. The van der Waals surface area contributed by atoms with Gasteiger partial charge in [0.05, 0.1) is 4.92 Å². The number of benzene rings is 1. The Balaban J connectivity index is 2.00. The number of hydrogen-bond donors (Lipinski definition) is 2. The molecule has 0 bridgehead atoms. The number of rotatable bonds is 4. The second kappa shape index (κ2) is 4.53. The van der Waals surface area contributed by atoms with Gasteiger partial charge >= 0.3 is 0 Å². The van der Waals surface area contributed by atoms with Crippen LogP contribution in [0.5, 0.6) is 0 Å². The van der Waals surface area contributed by atoms with Crippen molar-refractivity contribution in [3.8, 4) is 0 Å². The van der Waals surface area contributed by atoms with Gasteiger partial charge in [0.2, 0.25) is 0 Å². The van der Waals surface area contributed by atoms with Gasteiger partial charge in [-0.2, -0.15) is 0 Å². The number of nitrogens with two attached hydrogens (primary N) is 1. The first kappa shape index (κ1) is 13.3. The Bertz CT molecular complexity index is 540. The Morgan fingerprint density at radius 1 is 1.58 bits per heavy atom. The second-order valence-electron chi connectivity index (χ2n) is 5.63. The molecule has 0 aliphatic heterocycles. The van der Waals surface area contributed by atoms with Gasteiger partial charge in [0.1, 0.15) is 5.69 Å². The van der Waals surface area contributed by atoms with Crippen LogP contribution in [0.4, 0.5) is 11.4 Å². The normalized spacial score (nSPS) is 19.8. The van der Waals surface area contributed by atoms with E-state index in [2.05, 4.69) is 19.2 Å². The smallest absolute Gasteiger partial charge is 0.292 e. The summed E-state index contributed by atoms with van der Waals surface area (Å²) in [6.45, 7) is 4.95. The number of nitrogen functional groups attached to an aromatic ring is 1. The summed E-state index contributed by atoms with van der Waals surface area (Å²) in [4.78, 5) is 21.9. The van der Waals surface area contributed by atoms with Crippen molar-refractivity contribution in [3.05, 3.63) is 33.9 Å². The Kier molecular flexibility index (Phi) is 3.18. The SMILES string of the molecule is CC1(C)CC1CNC(=O)c1ccc([N+](=O)[O-])c(N)c1. The number of anilines is 1. The standard InChI is InChI=1S/C13H17N3O3/c1-13(2)6-9(13)7-15-12(17)8-3-4-11(16(18)19)10(14)5-8/h3-5,9H,6-7,14H2,1-2H3,(H,15,17). The summed E-state index contributed by atoms with van der Waals surface area (Å²) in [5, 5.41) is 13.5. The van der Waals surface area contributed by atoms with Crippen LogP contribution in [0.3, 0.4) is 0 Å². The minimum atomic E-state index is -0.566. The molecule has 2 rings (SSSR count). The van der Waals surface area contributed by atoms with Gasteiger partial charge in [-0.05, 0) is 29.9 Å². The summed E-state index contributed by atoms with van der Waals surface area (Å²) in [5.41, 5.74) is 6.03. The molecule has 1 aliphatic carbocycles. The predicted octanol–water partition coefficient (Wildman–Crippen LogP) is 1.95. The summed E-state index contributed by atoms with van der Waals surface area (Å²) in [5.74, 6) is 0.260. The molecule has 1 amide bonds. The van der Waals surface area contributed by atoms with Crippen LogP contribution in [-0.2, 0) is 0 Å². The first-order valence-corrected chi connectivity index (χ1v) is 6.13. The maximum Gasteiger partial charge on any atom is 0.292 e. The number of amides is 1. The molecule has 0 spiro atoms. The second-order valence-corrected chi connectivity index (χ2v) is 5.63. The molecule has 19 heavy (non-hydrogen) atoms.